The number of ether oxygens (including phenoxy) is 6. The van der Waals surface area contributed by atoms with Crippen molar-refractivity contribution in [2.45, 2.75) is 146 Å². The van der Waals surface area contributed by atoms with Gasteiger partial charge in [0.15, 0.2) is 32.5 Å². The number of aliphatic hydroxyl groups is 2. The van der Waals surface area contributed by atoms with Gasteiger partial charge < -0.3 is 43.1 Å². The molecule has 2 saturated carbocycles. The number of rotatable bonds is 14. The number of esters is 3. The van der Waals surface area contributed by atoms with E-state index in [4.69, 9.17) is 32.8 Å². The Hall–Kier alpha value is -6.01. The highest BCUT2D eigenvalue weighted by Gasteiger charge is 2.77. The van der Waals surface area contributed by atoms with Crippen LogP contribution in [0, 0.1) is 16.7 Å². The largest absolute Gasteiger partial charge is 0.497 e. The van der Waals surface area contributed by atoms with Gasteiger partial charge in [-0.1, -0.05) is 113 Å². The van der Waals surface area contributed by atoms with Crippen molar-refractivity contribution in [3.8, 4) is 5.75 Å². The van der Waals surface area contributed by atoms with Gasteiger partial charge in [0.1, 0.15) is 29.2 Å². The molecule has 2 aliphatic heterocycles. The molecule has 16 heteroatoms. The highest BCUT2D eigenvalue weighted by atomic mass is 28.4. The quantitative estimate of drug-likeness (QED) is 0.0527. The van der Waals surface area contributed by atoms with E-state index in [9.17, 15) is 24.6 Å². The van der Waals surface area contributed by atoms with Crippen LogP contribution < -0.4 is 4.74 Å². The van der Waals surface area contributed by atoms with Crippen LogP contribution in [-0.4, -0.2) is 115 Å². The van der Waals surface area contributed by atoms with Crippen LogP contribution in [0.15, 0.2) is 126 Å². The third-order valence-electron chi connectivity index (χ3n) is 17.6. The summed E-state index contributed by atoms with van der Waals surface area (Å²) in [5.41, 5.74) is -5.52. The Balaban J connectivity index is 1.22. The van der Waals surface area contributed by atoms with Crippen molar-refractivity contribution in [3.63, 3.8) is 0 Å². The lowest BCUT2D eigenvalue weighted by atomic mass is 9.44. The molecule has 4 fully saturated rings. The molecule has 8 unspecified atom stereocenters. The Morgan fingerprint density at radius 3 is 1.91 bits per heavy atom. The molecule has 4 aromatic rings. The number of Topliss-reactive ketones (excluding diaryl/α,β-unsaturated/α-hetero) is 1. The molecular formula is C59H69NO14Si. The smallest absolute Gasteiger partial charge is 0.338 e. The molecule has 9 rings (SSSR count). The highest BCUT2D eigenvalue weighted by Crippen LogP contribution is 2.64. The molecule has 0 aromatic heterocycles. The molecule has 3 aliphatic carbocycles. The first-order chi connectivity index (χ1) is 35.7. The summed E-state index contributed by atoms with van der Waals surface area (Å²) in [7, 11) is -1.06. The maximum Gasteiger partial charge on any atom is 0.338 e. The summed E-state index contributed by atoms with van der Waals surface area (Å²) in [4.78, 5) is 76.5. The van der Waals surface area contributed by atoms with E-state index >= 15 is 9.59 Å². The van der Waals surface area contributed by atoms with Gasteiger partial charge in [0.2, 0.25) is 0 Å². The first kappa shape index (κ1) is 53.8. The van der Waals surface area contributed by atoms with E-state index in [2.05, 4.69) is 20.8 Å². The first-order valence-corrected chi connectivity index (χ1v) is 28.6. The zero-order valence-corrected chi connectivity index (χ0v) is 45.1. The third kappa shape index (κ3) is 8.94. The van der Waals surface area contributed by atoms with Crippen molar-refractivity contribution < 1.29 is 67.0 Å². The second-order valence-electron chi connectivity index (χ2n) is 21.6. The first-order valence-electron chi connectivity index (χ1n) is 26.1. The van der Waals surface area contributed by atoms with Gasteiger partial charge >= 0.3 is 17.9 Å². The lowest BCUT2D eigenvalue weighted by Crippen LogP contribution is -2.81. The van der Waals surface area contributed by atoms with Crippen molar-refractivity contribution in [1.82, 2.24) is 4.90 Å². The van der Waals surface area contributed by atoms with Gasteiger partial charge in [0.05, 0.1) is 42.9 Å². The Kier molecular flexibility index (Phi) is 14.7. The van der Waals surface area contributed by atoms with Gasteiger partial charge in [-0.15, -0.1) is 0 Å². The number of carbonyl (C=O) groups excluding carboxylic acids is 5. The number of benzene rings is 4. The Morgan fingerprint density at radius 2 is 1.36 bits per heavy atom. The number of amides is 1. The fourth-order valence-corrected chi connectivity index (χ4v) is 15.9. The van der Waals surface area contributed by atoms with Gasteiger partial charge in [-0.25, -0.2) is 9.59 Å². The minimum atomic E-state index is -2.60. The van der Waals surface area contributed by atoms with Crippen molar-refractivity contribution >= 4 is 37.9 Å². The van der Waals surface area contributed by atoms with Crippen molar-refractivity contribution in [1.29, 1.82) is 0 Å². The van der Waals surface area contributed by atoms with Crippen LogP contribution >= 0.6 is 0 Å². The van der Waals surface area contributed by atoms with Gasteiger partial charge in [-0.2, -0.15) is 0 Å². The van der Waals surface area contributed by atoms with Gasteiger partial charge in [-0.05, 0) is 85.1 Å². The lowest BCUT2D eigenvalue weighted by Gasteiger charge is -2.67. The van der Waals surface area contributed by atoms with Crippen molar-refractivity contribution in [2.75, 3.05) is 13.7 Å². The molecule has 2 saturated heterocycles. The van der Waals surface area contributed by atoms with Crippen LogP contribution in [0.4, 0.5) is 0 Å². The molecule has 2 heterocycles. The maximum absolute atomic E-state index is 16.4. The fraction of sp³-hybridized carbons (Fsp3) is 0.475. The van der Waals surface area contributed by atoms with E-state index in [1.807, 2.05) is 6.07 Å². The SMILES string of the molecule is CC[Si](CC)(CC)O[C@H]1CC2OCC2(O)C2C(OC(=O)c3ccccc3)C3(O)CC(OC(=O)C4O[C@H](c5ccc(OC)cc5)N(C(=O)c5ccccc5)[C@H]4c4ccccc4)C(C)=C(C(OC(C)=O)C(=O)[C@@]21C)C3(C)C. The Labute approximate surface area is 439 Å². The lowest BCUT2D eigenvalue weighted by molar-refractivity contribution is -0.342. The standard InChI is InChI=1S/C59H69NO14Si/c1-10-75(11-2,12-3)74-43-32-44-58(66,34-69-44)49-51(73-54(64)40-26-20-15-21-27-40)59(67)33-42(35(4)45(56(59,6)7)47(70-36(5)61)50(62)57(43,49)8)71-55(65)48-46(37-22-16-13-17-23-37)60(52(63)38-24-18-14-19-25-38)53(72-48)39-28-30-41(68-9)31-29-39/h13-31,42-44,46-49,51,53,66-67H,10-12,32-34H2,1-9H3/t42?,43-,44?,46-,47?,48?,49?,51?,53+,57+,58?,59?/m0/s1. The normalized spacial score (nSPS) is 31.9. The monoisotopic (exact) mass is 1040 g/mol. The summed E-state index contributed by atoms with van der Waals surface area (Å²) in [5, 5.41) is 27.4. The Morgan fingerprint density at radius 1 is 0.773 bits per heavy atom. The van der Waals surface area contributed by atoms with Gasteiger partial charge in [-0.3, -0.25) is 19.3 Å². The highest BCUT2D eigenvalue weighted by molar-refractivity contribution is 6.73. The molecule has 0 spiro atoms. The second-order valence-corrected chi connectivity index (χ2v) is 26.3. The van der Waals surface area contributed by atoms with Crippen LogP contribution in [0.2, 0.25) is 18.1 Å². The summed E-state index contributed by atoms with van der Waals surface area (Å²) >= 11 is 0. The van der Waals surface area contributed by atoms with E-state index < -0.39 is 121 Å². The molecule has 12 atom stereocenters. The van der Waals surface area contributed by atoms with Crippen LogP contribution in [0.5, 0.6) is 5.75 Å². The van der Waals surface area contributed by atoms with E-state index in [1.54, 1.807) is 144 Å². The molecule has 0 radical (unpaired) electrons. The zero-order valence-electron chi connectivity index (χ0n) is 44.1. The summed E-state index contributed by atoms with van der Waals surface area (Å²) in [6.45, 7) is 13.8. The van der Waals surface area contributed by atoms with Crippen LogP contribution in [0.1, 0.15) is 112 Å². The minimum absolute atomic E-state index is 0.0987. The van der Waals surface area contributed by atoms with Crippen LogP contribution in [-0.2, 0) is 42.5 Å². The second kappa shape index (κ2) is 20.5. The molecule has 5 aliphatic rings. The number of hydrogen-bond donors (Lipinski definition) is 2. The zero-order chi connectivity index (χ0) is 53.8. The molecular weight excluding hydrogens is 975 g/mol. The minimum Gasteiger partial charge on any atom is -0.497 e. The molecule has 1 amide bonds. The molecule has 75 heavy (non-hydrogen) atoms. The average molecular weight is 1040 g/mol. The molecule has 15 nitrogen and oxygen atoms in total. The van der Waals surface area contributed by atoms with Gasteiger partial charge in [0.25, 0.3) is 5.91 Å². The van der Waals surface area contributed by atoms with E-state index in [0.29, 0.717) is 46.1 Å². The van der Waals surface area contributed by atoms with Crippen molar-refractivity contribution in [2.24, 2.45) is 16.7 Å². The Bertz CT molecular complexity index is 2810. The number of nitrogens with zero attached hydrogens (tertiary/aromatic N) is 1. The number of methoxy groups -OCH3 is 1. The number of ketones is 1. The van der Waals surface area contributed by atoms with E-state index in [-0.39, 0.29) is 24.2 Å². The predicted molar refractivity (Wildman–Crippen MR) is 278 cm³/mol. The van der Waals surface area contributed by atoms with Gasteiger partial charge in [0, 0.05) is 42.2 Å². The summed E-state index contributed by atoms with van der Waals surface area (Å²) in [5.74, 6) is -4.46. The summed E-state index contributed by atoms with van der Waals surface area (Å²) < 4.78 is 45.2. The average Bonchev–Trinajstić information content (AvgIpc) is 3.88. The van der Waals surface area contributed by atoms with E-state index in [1.165, 1.54) is 11.8 Å². The van der Waals surface area contributed by atoms with E-state index in [0.717, 1.165) is 0 Å². The van der Waals surface area contributed by atoms with Crippen LogP contribution in [0.3, 0.4) is 0 Å². The number of carbonyl (C=O) groups is 5. The third-order valence-corrected chi connectivity index (χ3v) is 22.2. The fourth-order valence-electron chi connectivity index (χ4n) is 13.0. The maximum atomic E-state index is 16.4. The molecule has 2 N–H and O–H groups in total. The topological polar surface area (TPSA) is 194 Å². The summed E-state index contributed by atoms with van der Waals surface area (Å²) in [6, 6.07) is 33.9. The van der Waals surface area contributed by atoms with Crippen LogP contribution in [0.25, 0.3) is 0 Å². The number of hydrogen-bond acceptors (Lipinski definition) is 14. The molecule has 2 bridgehead atoms. The summed E-state index contributed by atoms with van der Waals surface area (Å²) in [6.07, 6.45) is -9.57. The molecule has 4 aromatic carbocycles. The predicted octanol–water partition coefficient (Wildman–Crippen LogP) is 8.65. The van der Waals surface area contributed by atoms with Crippen molar-refractivity contribution in [3.05, 3.63) is 149 Å². The molecule has 398 valence electrons. The number of fused-ring (bicyclic) bond motifs is 5.